The van der Waals surface area contributed by atoms with Crippen LogP contribution in [-0.2, 0) is 0 Å². The van der Waals surface area contributed by atoms with Gasteiger partial charge in [-0.15, -0.1) is 11.3 Å². The standard InChI is InChI=1S/C13H8ClF2N3S/c1-6-4-8-11(18-13(14)19-12(8)20-6)17-10-3-2-7(15)5-9(10)16/h2-5H,1H3,(H,17,18,19). The Labute approximate surface area is 122 Å². The topological polar surface area (TPSA) is 37.8 Å². The fraction of sp³-hybridized carbons (Fsp3) is 0.0769. The quantitative estimate of drug-likeness (QED) is 0.699. The molecular weight excluding hydrogens is 304 g/mol. The largest absolute Gasteiger partial charge is 0.337 e. The van der Waals surface area contributed by atoms with E-state index < -0.39 is 11.6 Å². The van der Waals surface area contributed by atoms with Crippen molar-refractivity contribution in [3.8, 4) is 0 Å². The van der Waals surface area contributed by atoms with E-state index in [0.29, 0.717) is 10.6 Å². The predicted octanol–water partition coefficient (Wildman–Crippen LogP) is 4.67. The first kappa shape index (κ1) is 13.2. The summed E-state index contributed by atoms with van der Waals surface area (Å²) in [5.74, 6) is -0.931. The Bertz CT molecular complexity index is 804. The average Bonchev–Trinajstić information content (AvgIpc) is 2.73. The van der Waals surface area contributed by atoms with Crippen LogP contribution in [0.5, 0.6) is 0 Å². The van der Waals surface area contributed by atoms with Crippen LogP contribution < -0.4 is 5.32 Å². The van der Waals surface area contributed by atoms with Crippen LogP contribution >= 0.6 is 22.9 Å². The van der Waals surface area contributed by atoms with Crippen molar-refractivity contribution in [2.45, 2.75) is 6.92 Å². The molecule has 3 aromatic rings. The Morgan fingerprint density at radius 3 is 2.75 bits per heavy atom. The Morgan fingerprint density at radius 2 is 2.00 bits per heavy atom. The highest BCUT2D eigenvalue weighted by atomic mass is 35.5. The highest BCUT2D eigenvalue weighted by Crippen LogP contribution is 2.31. The lowest BCUT2D eigenvalue weighted by molar-refractivity contribution is 0.586. The molecule has 0 bridgehead atoms. The smallest absolute Gasteiger partial charge is 0.225 e. The molecule has 0 spiro atoms. The van der Waals surface area contributed by atoms with Crippen molar-refractivity contribution in [1.29, 1.82) is 0 Å². The van der Waals surface area contributed by atoms with Crippen LogP contribution in [0, 0.1) is 18.6 Å². The molecule has 0 aliphatic heterocycles. The third kappa shape index (κ3) is 2.44. The second kappa shape index (κ2) is 4.96. The molecular formula is C13H8ClF2N3S. The van der Waals surface area contributed by atoms with Gasteiger partial charge in [0, 0.05) is 10.9 Å². The van der Waals surface area contributed by atoms with Crippen molar-refractivity contribution in [3.05, 3.63) is 46.1 Å². The Hall–Kier alpha value is -1.79. The molecule has 1 N–H and O–H groups in total. The van der Waals surface area contributed by atoms with Crippen LogP contribution in [0.15, 0.2) is 24.3 Å². The lowest BCUT2D eigenvalue weighted by Gasteiger charge is -2.08. The van der Waals surface area contributed by atoms with Gasteiger partial charge in [-0.1, -0.05) is 0 Å². The molecule has 0 atom stereocenters. The molecule has 0 unspecified atom stereocenters. The van der Waals surface area contributed by atoms with E-state index in [1.54, 1.807) is 0 Å². The number of hydrogen-bond acceptors (Lipinski definition) is 4. The number of hydrogen-bond donors (Lipinski definition) is 1. The molecule has 3 nitrogen and oxygen atoms in total. The summed E-state index contributed by atoms with van der Waals surface area (Å²) in [5, 5.41) is 3.65. The average molecular weight is 312 g/mol. The first-order valence-electron chi connectivity index (χ1n) is 5.69. The first-order valence-corrected chi connectivity index (χ1v) is 6.88. The molecule has 0 saturated heterocycles. The van der Waals surface area contributed by atoms with Gasteiger partial charge in [0.15, 0.2) is 0 Å². The molecule has 0 radical (unpaired) electrons. The Kier molecular flexibility index (Phi) is 3.27. The third-order valence-electron chi connectivity index (χ3n) is 2.67. The van der Waals surface area contributed by atoms with Crippen molar-refractivity contribution in [3.63, 3.8) is 0 Å². The molecule has 0 aliphatic rings. The molecule has 0 aliphatic carbocycles. The van der Waals surface area contributed by atoms with Gasteiger partial charge in [-0.05, 0) is 36.7 Å². The van der Waals surface area contributed by atoms with Crippen molar-refractivity contribution in [2.75, 3.05) is 5.32 Å². The van der Waals surface area contributed by atoms with Gasteiger partial charge in [0.1, 0.15) is 22.3 Å². The number of benzene rings is 1. The van der Waals surface area contributed by atoms with Gasteiger partial charge >= 0.3 is 0 Å². The van der Waals surface area contributed by atoms with E-state index in [0.717, 1.165) is 16.3 Å². The first-order chi connectivity index (χ1) is 9.52. The lowest BCUT2D eigenvalue weighted by atomic mass is 10.2. The van der Waals surface area contributed by atoms with Gasteiger partial charge in [0.2, 0.25) is 5.28 Å². The van der Waals surface area contributed by atoms with Gasteiger partial charge in [0.25, 0.3) is 0 Å². The number of anilines is 2. The van der Waals surface area contributed by atoms with Crippen molar-refractivity contribution in [1.82, 2.24) is 9.97 Å². The summed E-state index contributed by atoms with van der Waals surface area (Å²) in [6, 6.07) is 5.18. The highest BCUT2D eigenvalue weighted by Gasteiger charge is 2.12. The van der Waals surface area contributed by atoms with E-state index in [1.807, 2.05) is 13.0 Å². The second-order valence-electron chi connectivity index (χ2n) is 4.17. The molecule has 1 aromatic carbocycles. The monoisotopic (exact) mass is 311 g/mol. The van der Waals surface area contributed by atoms with Crippen LogP contribution in [0.2, 0.25) is 5.28 Å². The van der Waals surface area contributed by atoms with Crippen molar-refractivity contribution < 1.29 is 8.78 Å². The number of nitrogens with one attached hydrogen (secondary N) is 1. The van der Waals surface area contributed by atoms with E-state index in [1.165, 1.54) is 23.5 Å². The fourth-order valence-electron chi connectivity index (χ4n) is 1.83. The Balaban J connectivity index is 2.10. The Morgan fingerprint density at radius 1 is 1.20 bits per heavy atom. The van der Waals surface area contributed by atoms with Crippen LogP contribution in [0.1, 0.15) is 4.88 Å². The fourth-order valence-corrected chi connectivity index (χ4v) is 2.93. The van der Waals surface area contributed by atoms with Crippen LogP contribution in [-0.4, -0.2) is 9.97 Å². The molecule has 20 heavy (non-hydrogen) atoms. The molecule has 7 heteroatoms. The van der Waals surface area contributed by atoms with E-state index in [-0.39, 0.29) is 11.0 Å². The number of halogens is 3. The minimum Gasteiger partial charge on any atom is -0.337 e. The summed E-state index contributed by atoms with van der Waals surface area (Å²) < 4.78 is 26.6. The zero-order valence-electron chi connectivity index (χ0n) is 10.2. The van der Waals surface area contributed by atoms with Crippen LogP contribution in [0.4, 0.5) is 20.3 Å². The molecule has 2 aromatic heterocycles. The van der Waals surface area contributed by atoms with Gasteiger partial charge in [-0.2, -0.15) is 4.98 Å². The minimum atomic E-state index is -0.695. The summed E-state index contributed by atoms with van der Waals surface area (Å²) in [6.07, 6.45) is 0. The van der Waals surface area contributed by atoms with Gasteiger partial charge in [-0.25, -0.2) is 13.8 Å². The van der Waals surface area contributed by atoms with E-state index in [2.05, 4.69) is 15.3 Å². The van der Waals surface area contributed by atoms with Crippen molar-refractivity contribution in [2.24, 2.45) is 0 Å². The number of rotatable bonds is 2. The highest BCUT2D eigenvalue weighted by molar-refractivity contribution is 7.18. The number of thiophene rings is 1. The maximum Gasteiger partial charge on any atom is 0.225 e. The normalized spacial score (nSPS) is 11.0. The molecule has 0 saturated carbocycles. The van der Waals surface area contributed by atoms with Crippen molar-refractivity contribution >= 4 is 44.7 Å². The second-order valence-corrected chi connectivity index (χ2v) is 5.74. The number of fused-ring (bicyclic) bond motifs is 1. The number of aromatic nitrogens is 2. The maximum atomic E-state index is 13.7. The molecule has 0 fully saturated rings. The SMILES string of the molecule is Cc1cc2c(Nc3ccc(F)cc3F)nc(Cl)nc2s1. The van der Waals surface area contributed by atoms with E-state index in [4.69, 9.17) is 11.6 Å². The van der Waals surface area contributed by atoms with Gasteiger partial charge in [-0.3, -0.25) is 0 Å². The van der Waals surface area contributed by atoms with E-state index in [9.17, 15) is 8.78 Å². The third-order valence-corrected chi connectivity index (χ3v) is 3.79. The summed E-state index contributed by atoms with van der Waals surface area (Å²) in [7, 11) is 0. The molecule has 2 heterocycles. The van der Waals surface area contributed by atoms with Gasteiger partial charge in [0.05, 0.1) is 11.1 Å². The van der Waals surface area contributed by atoms with Crippen LogP contribution in [0.3, 0.4) is 0 Å². The van der Waals surface area contributed by atoms with Crippen LogP contribution in [0.25, 0.3) is 10.2 Å². The summed E-state index contributed by atoms with van der Waals surface area (Å²) in [6.45, 7) is 1.93. The summed E-state index contributed by atoms with van der Waals surface area (Å²) in [5.41, 5.74) is 0.131. The molecule has 0 amide bonds. The van der Waals surface area contributed by atoms with Gasteiger partial charge < -0.3 is 5.32 Å². The zero-order chi connectivity index (χ0) is 14.3. The molecule has 3 rings (SSSR count). The molecule has 102 valence electrons. The number of nitrogens with zero attached hydrogens (tertiary/aromatic N) is 2. The summed E-state index contributed by atoms with van der Waals surface area (Å²) in [4.78, 5) is 9.93. The van der Waals surface area contributed by atoms with E-state index >= 15 is 0 Å². The lowest BCUT2D eigenvalue weighted by Crippen LogP contribution is -1.98. The summed E-state index contributed by atoms with van der Waals surface area (Å²) >= 11 is 7.32. The minimum absolute atomic E-state index is 0.0735. The zero-order valence-corrected chi connectivity index (χ0v) is 11.8. The maximum absolute atomic E-state index is 13.7. The predicted molar refractivity (Wildman–Crippen MR) is 76.8 cm³/mol. The number of aryl methyl sites for hydroxylation is 1.